The van der Waals surface area contributed by atoms with Gasteiger partial charge in [0, 0.05) is 16.7 Å². The van der Waals surface area contributed by atoms with E-state index < -0.39 is 28.8 Å². The lowest BCUT2D eigenvalue weighted by Crippen LogP contribution is -2.02. The molecule has 0 saturated heterocycles. The Balaban J connectivity index is 1.57. The Bertz CT molecular complexity index is 1320. The quantitative estimate of drug-likeness (QED) is 0.237. The van der Waals surface area contributed by atoms with Crippen LogP contribution in [0.5, 0.6) is 11.5 Å². The maximum atomic E-state index is 14.9. The Morgan fingerprint density at radius 1 is 0.600 bits per heavy atom. The molecule has 4 aromatic rings. The van der Waals surface area contributed by atoms with E-state index in [1.807, 2.05) is 24.3 Å². The van der Waals surface area contributed by atoms with Gasteiger partial charge in [-0.3, -0.25) is 0 Å². The lowest BCUT2D eigenvalue weighted by molar-refractivity contribution is 0.285. The molecular formula is C29H24F4O2. The number of hydrogen-bond acceptors (Lipinski definition) is 2. The Kier molecular flexibility index (Phi) is 7.39. The van der Waals surface area contributed by atoms with Gasteiger partial charge >= 0.3 is 0 Å². The maximum absolute atomic E-state index is 14.9. The minimum absolute atomic E-state index is 0.000285. The highest BCUT2D eigenvalue weighted by molar-refractivity contribution is 5.72. The van der Waals surface area contributed by atoms with E-state index in [0.29, 0.717) is 11.3 Å². The molecule has 4 rings (SSSR count). The van der Waals surface area contributed by atoms with Crippen LogP contribution < -0.4 is 9.47 Å². The van der Waals surface area contributed by atoms with Crippen LogP contribution in [-0.2, 0) is 13.0 Å². The number of hydrogen-bond donors (Lipinski definition) is 0. The zero-order valence-corrected chi connectivity index (χ0v) is 19.4. The van der Waals surface area contributed by atoms with Gasteiger partial charge in [-0.25, -0.2) is 13.2 Å². The summed E-state index contributed by atoms with van der Waals surface area (Å²) in [5, 5.41) is 0. The van der Waals surface area contributed by atoms with Crippen LogP contribution in [0.3, 0.4) is 0 Å². The van der Waals surface area contributed by atoms with Gasteiger partial charge < -0.3 is 9.47 Å². The molecule has 2 nitrogen and oxygen atoms in total. The van der Waals surface area contributed by atoms with E-state index in [4.69, 9.17) is 9.47 Å². The zero-order chi connectivity index (χ0) is 24.9. The topological polar surface area (TPSA) is 18.5 Å². The SMILES string of the molecule is CCCc1ccc(COc2ccc(-c3ccc(-c4ccc(OC)cc4)c(F)c3F)c(F)c2F)cc1. The van der Waals surface area contributed by atoms with E-state index in [1.54, 1.807) is 24.3 Å². The second-order valence-electron chi connectivity index (χ2n) is 8.11. The fourth-order valence-corrected chi connectivity index (χ4v) is 3.85. The van der Waals surface area contributed by atoms with Gasteiger partial charge in [-0.1, -0.05) is 61.9 Å². The highest BCUT2D eigenvalue weighted by Crippen LogP contribution is 2.35. The van der Waals surface area contributed by atoms with Crippen molar-refractivity contribution in [2.75, 3.05) is 7.11 Å². The number of ether oxygens (including phenoxy) is 2. The predicted molar refractivity (Wildman–Crippen MR) is 128 cm³/mol. The van der Waals surface area contributed by atoms with Gasteiger partial charge in [-0.05, 0) is 47.4 Å². The summed E-state index contributed by atoms with van der Waals surface area (Å²) in [6, 6.07) is 19.0. The minimum Gasteiger partial charge on any atom is -0.497 e. The average Bonchev–Trinajstić information content (AvgIpc) is 2.88. The van der Waals surface area contributed by atoms with Crippen molar-refractivity contribution in [3.8, 4) is 33.8 Å². The van der Waals surface area contributed by atoms with E-state index in [9.17, 15) is 17.6 Å². The molecule has 0 spiro atoms. The van der Waals surface area contributed by atoms with E-state index >= 15 is 0 Å². The van der Waals surface area contributed by atoms with E-state index in [-0.39, 0.29) is 23.5 Å². The summed E-state index contributed by atoms with van der Waals surface area (Å²) in [7, 11) is 1.50. The van der Waals surface area contributed by atoms with Crippen LogP contribution in [0.1, 0.15) is 24.5 Å². The molecule has 0 radical (unpaired) electrons. The third kappa shape index (κ3) is 5.16. The van der Waals surface area contributed by atoms with Crippen molar-refractivity contribution >= 4 is 0 Å². The first kappa shape index (κ1) is 24.3. The summed E-state index contributed by atoms with van der Waals surface area (Å²) < 4.78 is 69.9. The molecule has 0 aliphatic heterocycles. The van der Waals surface area contributed by atoms with Crippen LogP contribution in [0.15, 0.2) is 72.8 Å². The van der Waals surface area contributed by atoms with Crippen molar-refractivity contribution in [2.45, 2.75) is 26.4 Å². The molecule has 0 aliphatic carbocycles. The monoisotopic (exact) mass is 480 g/mol. The van der Waals surface area contributed by atoms with Crippen LogP contribution in [0.25, 0.3) is 22.3 Å². The highest BCUT2D eigenvalue weighted by Gasteiger charge is 2.22. The molecule has 4 aromatic carbocycles. The number of methoxy groups -OCH3 is 1. The van der Waals surface area contributed by atoms with Crippen LogP contribution in [-0.4, -0.2) is 7.11 Å². The van der Waals surface area contributed by atoms with E-state index in [2.05, 4.69) is 6.92 Å². The van der Waals surface area contributed by atoms with E-state index in [0.717, 1.165) is 18.4 Å². The van der Waals surface area contributed by atoms with Crippen molar-refractivity contribution in [3.05, 3.63) is 107 Å². The van der Waals surface area contributed by atoms with Gasteiger partial charge in [0.15, 0.2) is 23.2 Å². The third-order valence-corrected chi connectivity index (χ3v) is 5.78. The molecule has 0 atom stereocenters. The first-order chi connectivity index (χ1) is 16.9. The second-order valence-corrected chi connectivity index (χ2v) is 8.11. The first-order valence-corrected chi connectivity index (χ1v) is 11.2. The standard InChI is InChI=1S/C29H24F4O2/c1-3-4-18-5-7-19(8-6-18)17-35-25-16-15-24(28(32)29(25)33)23-14-13-22(26(30)27(23)31)20-9-11-21(34-2)12-10-20/h5-16H,3-4,17H2,1-2H3. The third-order valence-electron chi connectivity index (χ3n) is 5.78. The number of benzene rings is 4. The summed E-state index contributed by atoms with van der Waals surface area (Å²) in [6.07, 6.45) is 1.99. The average molecular weight is 481 g/mol. The van der Waals surface area contributed by atoms with Crippen LogP contribution >= 0.6 is 0 Å². The summed E-state index contributed by atoms with van der Waals surface area (Å²) in [5.74, 6) is -4.73. The largest absolute Gasteiger partial charge is 0.497 e. The predicted octanol–water partition coefficient (Wildman–Crippen LogP) is 8.12. The van der Waals surface area contributed by atoms with Gasteiger partial charge in [0.25, 0.3) is 0 Å². The van der Waals surface area contributed by atoms with Crippen molar-refractivity contribution in [1.29, 1.82) is 0 Å². The number of halogens is 4. The molecule has 6 heteroatoms. The van der Waals surface area contributed by atoms with Crippen LogP contribution in [0.4, 0.5) is 17.6 Å². The molecule has 0 N–H and O–H groups in total. The van der Waals surface area contributed by atoms with Crippen molar-refractivity contribution < 1.29 is 27.0 Å². The Hall–Kier alpha value is -3.80. The molecule has 0 unspecified atom stereocenters. The molecule has 35 heavy (non-hydrogen) atoms. The van der Waals surface area contributed by atoms with Crippen molar-refractivity contribution in [3.63, 3.8) is 0 Å². The molecule has 0 bridgehead atoms. The molecule has 0 aliphatic rings. The highest BCUT2D eigenvalue weighted by atomic mass is 19.2. The molecule has 180 valence electrons. The summed E-state index contributed by atoms with van der Waals surface area (Å²) in [5.41, 5.74) is 1.64. The Morgan fingerprint density at radius 3 is 1.77 bits per heavy atom. The van der Waals surface area contributed by atoms with Gasteiger partial charge in [0.1, 0.15) is 12.4 Å². The Labute approximate surface area is 201 Å². The molecule has 0 fully saturated rings. The van der Waals surface area contributed by atoms with Gasteiger partial charge in [-0.2, -0.15) is 4.39 Å². The minimum atomic E-state index is -1.31. The zero-order valence-electron chi connectivity index (χ0n) is 19.4. The summed E-state index contributed by atoms with van der Waals surface area (Å²) in [4.78, 5) is 0. The number of rotatable bonds is 8. The van der Waals surface area contributed by atoms with Crippen LogP contribution in [0, 0.1) is 23.3 Å². The smallest absolute Gasteiger partial charge is 0.201 e. The van der Waals surface area contributed by atoms with Gasteiger partial charge in [0.05, 0.1) is 7.11 Å². The van der Waals surface area contributed by atoms with E-state index in [1.165, 1.54) is 36.9 Å². The van der Waals surface area contributed by atoms with Gasteiger partial charge in [-0.15, -0.1) is 0 Å². The first-order valence-electron chi connectivity index (χ1n) is 11.2. The van der Waals surface area contributed by atoms with Crippen molar-refractivity contribution in [2.24, 2.45) is 0 Å². The molecule has 0 aromatic heterocycles. The molecule has 0 saturated carbocycles. The number of aryl methyl sites for hydroxylation is 1. The summed E-state index contributed by atoms with van der Waals surface area (Å²) in [6.45, 7) is 2.13. The summed E-state index contributed by atoms with van der Waals surface area (Å²) >= 11 is 0. The fraction of sp³-hybridized carbons (Fsp3) is 0.172. The molecular weight excluding hydrogens is 456 g/mol. The maximum Gasteiger partial charge on any atom is 0.201 e. The Morgan fingerprint density at radius 2 is 1.14 bits per heavy atom. The lowest BCUT2D eigenvalue weighted by Gasteiger charge is -2.13. The lowest BCUT2D eigenvalue weighted by atomic mass is 9.98. The second kappa shape index (κ2) is 10.6. The van der Waals surface area contributed by atoms with Crippen LogP contribution in [0.2, 0.25) is 0 Å². The van der Waals surface area contributed by atoms with Gasteiger partial charge in [0.2, 0.25) is 5.82 Å². The fourth-order valence-electron chi connectivity index (χ4n) is 3.85. The van der Waals surface area contributed by atoms with Crippen molar-refractivity contribution in [1.82, 2.24) is 0 Å². The molecule has 0 amide bonds. The normalized spacial score (nSPS) is 10.9. The molecule has 0 heterocycles.